The Morgan fingerprint density at radius 1 is 1.12 bits per heavy atom. The van der Waals surface area contributed by atoms with Crippen molar-refractivity contribution in [2.24, 2.45) is 11.7 Å². The molecule has 6 nitrogen and oxygen atoms in total. The molecule has 0 aromatic heterocycles. The van der Waals surface area contributed by atoms with Crippen LogP contribution in [0, 0.1) is 5.92 Å². The lowest BCUT2D eigenvalue weighted by Crippen LogP contribution is -2.42. The average Bonchev–Trinajstić information content (AvgIpc) is 2.29. The van der Waals surface area contributed by atoms with Crippen molar-refractivity contribution in [3.8, 4) is 0 Å². The van der Waals surface area contributed by atoms with E-state index in [1.807, 2.05) is 0 Å². The van der Waals surface area contributed by atoms with Crippen LogP contribution < -0.4 is 16.4 Å². The van der Waals surface area contributed by atoms with Crippen LogP contribution in [-0.4, -0.2) is 44.7 Å². The Morgan fingerprint density at radius 3 is 2.24 bits per heavy atom. The number of rotatable bonds is 8. The van der Waals surface area contributed by atoms with Crippen molar-refractivity contribution in [1.29, 1.82) is 0 Å². The van der Waals surface area contributed by atoms with Gasteiger partial charge in [0.2, 0.25) is 0 Å². The summed E-state index contributed by atoms with van der Waals surface area (Å²) >= 11 is 0. The molecule has 0 heterocycles. The van der Waals surface area contributed by atoms with Crippen molar-refractivity contribution in [1.82, 2.24) is 10.6 Å². The van der Waals surface area contributed by atoms with E-state index in [9.17, 15) is 9.59 Å². The summed E-state index contributed by atoms with van der Waals surface area (Å²) in [5, 5.41) is 4.84. The number of ether oxygens (including phenoxy) is 1. The van der Waals surface area contributed by atoms with E-state index in [-0.39, 0.29) is 0 Å². The lowest BCUT2D eigenvalue weighted by molar-refractivity contribution is -0.139. The molecule has 0 aromatic rings. The SMILES string of the molecule is CC(C)CCOCCNC(=O)C(=O)NCCN. The molecule has 17 heavy (non-hydrogen) atoms. The monoisotopic (exact) mass is 245 g/mol. The lowest BCUT2D eigenvalue weighted by Gasteiger charge is -2.07. The van der Waals surface area contributed by atoms with E-state index in [2.05, 4.69) is 24.5 Å². The molecule has 0 spiro atoms. The molecule has 0 unspecified atom stereocenters. The highest BCUT2D eigenvalue weighted by molar-refractivity contribution is 6.35. The summed E-state index contributed by atoms with van der Waals surface area (Å²) < 4.78 is 5.29. The Kier molecular flexibility index (Phi) is 9.37. The number of nitrogens with two attached hydrogens (primary N) is 1. The first-order chi connectivity index (χ1) is 8.07. The summed E-state index contributed by atoms with van der Waals surface area (Å²) in [4.78, 5) is 22.3. The zero-order valence-corrected chi connectivity index (χ0v) is 10.6. The molecule has 0 aliphatic carbocycles. The normalized spacial score (nSPS) is 10.4. The molecule has 0 aromatic carbocycles. The van der Waals surface area contributed by atoms with Crippen LogP contribution in [0.2, 0.25) is 0 Å². The minimum absolute atomic E-state index is 0.303. The number of hydrogen-bond acceptors (Lipinski definition) is 4. The van der Waals surface area contributed by atoms with Gasteiger partial charge >= 0.3 is 11.8 Å². The Morgan fingerprint density at radius 2 is 1.71 bits per heavy atom. The second-order valence-corrected chi connectivity index (χ2v) is 4.10. The molecule has 0 bridgehead atoms. The molecule has 0 aliphatic rings. The van der Waals surface area contributed by atoms with E-state index in [0.717, 1.165) is 6.42 Å². The fourth-order valence-electron chi connectivity index (χ4n) is 1.00. The molecule has 0 aliphatic heterocycles. The van der Waals surface area contributed by atoms with Crippen LogP contribution in [0.1, 0.15) is 20.3 Å². The molecule has 0 rings (SSSR count). The summed E-state index contributed by atoms with van der Waals surface area (Å²) in [5.41, 5.74) is 5.19. The summed E-state index contributed by atoms with van der Waals surface area (Å²) in [6.07, 6.45) is 0.991. The minimum Gasteiger partial charge on any atom is -0.380 e. The number of nitrogens with one attached hydrogen (secondary N) is 2. The molecule has 0 saturated carbocycles. The van der Waals surface area contributed by atoms with Crippen LogP contribution in [0.3, 0.4) is 0 Å². The third-order valence-electron chi connectivity index (χ3n) is 2.01. The Bertz CT molecular complexity index is 232. The topological polar surface area (TPSA) is 93.4 Å². The van der Waals surface area contributed by atoms with Crippen molar-refractivity contribution in [3.05, 3.63) is 0 Å². The van der Waals surface area contributed by atoms with Crippen molar-refractivity contribution in [2.45, 2.75) is 20.3 Å². The summed E-state index contributed by atoms with van der Waals surface area (Å²) in [6.45, 7) is 6.29. The van der Waals surface area contributed by atoms with Gasteiger partial charge in [0.25, 0.3) is 0 Å². The third kappa shape index (κ3) is 9.77. The predicted octanol–water partition coefficient (Wildman–Crippen LogP) is -0.760. The van der Waals surface area contributed by atoms with E-state index in [1.165, 1.54) is 0 Å². The average molecular weight is 245 g/mol. The van der Waals surface area contributed by atoms with Crippen LogP contribution in [0.15, 0.2) is 0 Å². The summed E-state index contributed by atoms with van der Waals surface area (Å²) in [5.74, 6) is -0.699. The van der Waals surface area contributed by atoms with E-state index in [4.69, 9.17) is 10.5 Å². The van der Waals surface area contributed by atoms with Crippen LogP contribution in [0.5, 0.6) is 0 Å². The largest absolute Gasteiger partial charge is 0.380 e. The number of hydrogen-bond donors (Lipinski definition) is 3. The van der Waals surface area contributed by atoms with E-state index in [1.54, 1.807) is 0 Å². The second-order valence-electron chi connectivity index (χ2n) is 4.10. The van der Waals surface area contributed by atoms with Gasteiger partial charge in [0.15, 0.2) is 0 Å². The number of carbonyl (C=O) groups is 2. The Labute approximate surface area is 102 Å². The van der Waals surface area contributed by atoms with Gasteiger partial charge in [-0.2, -0.15) is 0 Å². The fraction of sp³-hybridized carbons (Fsp3) is 0.818. The lowest BCUT2D eigenvalue weighted by atomic mass is 10.1. The van der Waals surface area contributed by atoms with E-state index >= 15 is 0 Å². The Hall–Kier alpha value is -1.14. The van der Waals surface area contributed by atoms with Crippen molar-refractivity contribution < 1.29 is 14.3 Å². The van der Waals surface area contributed by atoms with Gasteiger partial charge < -0.3 is 21.1 Å². The van der Waals surface area contributed by atoms with Crippen LogP contribution in [0.4, 0.5) is 0 Å². The van der Waals surface area contributed by atoms with Crippen molar-refractivity contribution in [3.63, 3.8) is 0 Å². The van der Waals surface area contributed by atoms with Gasteiger partial charge in [0.1, 0.15) is 0 Å². The second kappa shape index (κ2) is 10.0. The molecule has 4 N–H and O–H groups in total. The van der Waals surface area contributed by atoms with Gasteiger partial charge in [-0.15, -0.1) is 0 Å². The molecule has 0 radical (unpaired) electrons. The molecule has 6 heteroatoms. The highest BCUT2D eigenvalue weighted by atomic mass is 16.5. The maximum absolute atomic E-state index is 11.2. The van der Waals surface area contributed by atoms with Crippen LogP contribution >= 0.6 is 0 Å². The molecular formula is C11H23N3O3. The van der Waals surface area contributed by atoms with E-state index < -0.39 is 11.8 Å². The van der Waals surface area contributed by atoms with Crippen molar-refractivity contribution >= 4 is 11.8 Å². The van der Waals surface area contributed by atoms with Gasteiger partial charge in [-0.25, -0.2) is 0 Å². The fourth-order valence-corrected chi connectivity index (χ4v) is 1.00. The summed E-state index contributed by atoms with van der Waals surface area (Å²) in [6, 6.07) is 0. The highest BCUT2D eigenvalue weighted by Gasteiger charge is 2.10. The number of carbonyl (C=O) groups excluding carboxylic acids is 2. The molecule has 0 atom stereocenters. The first kappa shape index (κ1) is 15.9. The smallest absolute Gasteiger partial charge is 0.309 e. The molecule has 2 amide bonds. The van der Waals surface area contributed by atoms with Crippen molar-refractivity contribution in [2.75, 3.05) is 32.8 Å². The molecule has 0 fully saturated rings. The molecule has 100 valence electrons. The molecular weight excluding hydrogens is 222 g/mol. The van der Waals surface area contributed by atoms with Crippen LogP contribution in [0.25, 0.3) is 0 Å². The Balaban J connectivity index is 3.41. The first-order valence-corrected chi connectivity index (χ1v) is 5.91. The standard InChI is InChI=1S/C11H23N3O3/c1-9(2)3-7-17-8-6-14-11(16)10(15)13-5-4-12/h9H,3-8,12H2,1-2H3,(H,13,15)(H,14,16). The van der Waals surface area contributed by atoms with E-state index in [0.29, 0.717) is 38.8 Å². The zero-order valence-electron chi connectivity index (χ0n) is 10.6. The van der Waals surface area contributed by atoms with Gasteiger partial charge in [-0.05, 0) is 12.3 Å². The minimum atomic E-state index is -0.655. The third-order valence-corrected chi connectivity index (χ3v) is 2.01. The van der Waals surface area contributed by atoms with Gasteiger partial charge in [0, 0.05) is 26.2 Å². The first-order valence-electron chi connectivity index (χ1n) is 5.91. The van der Waals surface area contributed by atoms with Gasteiger partial charge in [-0.3, -0.25) is 9.59 Å². The zero-order chi connectivity index (χ0) is 13.1. The number of amides is 2. The van der Waals surface area contributed by atoms with Gasteiger partial charge in [-0.1, -0.05) is 13.8 Å². The predicted molar refractivity (Wildman–Crippen MR) is 65.3 cm³/mol. The maximum atomic E-state index is 11.2. The quantitative estimate of drug-likeness (QED) is 0.387. The van der Waals surface area contributed by atoms with Gasteiger partial charge in [0.05, 0.1) is 6.61 Å². The molecule has 0 saturated heterocycles. The highest BCUT2D eigenvalue weighted by Crippen LogP contribution is 1.98. The van der Waals surface area contributed by atoms with Crippen LogP contribution in [-0.2, 0) is 14.3 Å². The maximum Gasteiger partial charge on any atom is 0.309 e. The summed E-state index contributed by atoms with van der Waals surface area (Å²) in [7, 11) is 0.